The van der Waals surface area contributed by atoms with Crippen molar-refractivity contribution in [1.82, 2.24) is 4.98 Å². The highest BCUT2D eigenvalue weighted by molar-refractivity contribution is 5.68. The number of halogens is 3. The van der Waals surface area contributed by atoms with E-state index in [1.165, 1.54) is 18.3 Å². The highest BCUT2D eigenvalue weighted by Gasteiger charge is 2.30. The largest absolute Gasteiger partial charge is 0.416 e. The van der Waals surface area contributed by atoms with E-state index in [4.69, 9.17) is 5.26 Å². The highest BCUT2D eigenvalue weighted by atomic mass is 19.4. The average Bonchev–Trinajstić information content (AvgIpc) is 2.76. The fraction of sp³-hybridized carbons (Fsp3) is 0.154. The normalized spacial score (nSPS) is 11.3. The maximum absolute atomic E-state index is 12.6. The number of nitriles is 1. The summed E-state index contributed by atoms with van der Waals surface area (Å²) >= 11 is 0. The van der Waals surface area contributed by atoms with Crippen molar-refractivity contribution in [1.29, 1.82) is 5.26 Å². The van der Waals surface area contributed by atoms with Crippen LogP contribution in [0.5, 0.6) is 0 Å². The molecule has 1 aromatic carbocycles. The van der Waals surface area contributed by atoms with E-state index in [0.717, 1.165) is 17.7 Å². The first-order chi connectivity index (χ1) is 8.41. The number of aromatic nitrogens is 1. The Labute approximate surface area is 102 Å². The van der Waals surface area contributed by atoms with Crippen LogP contribution in [-0.4, -0.2) is 4.98 Å². The first-order valence-corrected chi connectivity index (χ1v) is 5.18. The van der Waals surface area contributed by atoms with Crippen molar-refractivity contribution in [2.24, 2.45) is 0 Å². The lowest BCUT2D eigenvalue weighted by Gasteiger charge is -2.10. The number of benzene rings is 1. The van der Waals surface area contributed by atoms with Crippen molar-refractivity contribution in [3.63, 3.8) is 0 Å². The van der Waals surface area contributed by atoms with Gasteiger partial charge in [-0.1, -0.05) is 6.07 Å². The van der Waals surface area contributed by atoms with Crippen LogP contribution < -0.4 is 0 Å². The third-order valence-electron chi connectivity index (χ3n) is 2.68. The van der Waals surface area contributed by atoms with E-state index in [1.807, 2.05) is 6.07 Å². The summed E-state index contributed by atoms with van der Waals surface area (Å²) < 4.78 is 37.9. The van der Waals surface area contributed by atoms with Gasteiger partial charge in [0.15, 0.2) is 0 Å². The third-order valence-corrected chi connectivity index (χ3v) is 2.68. The van der Waals surface area contributed by atoms with Gasteiger partial charge in [0, 0.05) is 11.8 Å². The first-order valence-electron chi connectivity index (χ1n) is 5.18. The van der Waals surface area contributed by atoms with E-state index in [0.29, 0.717) is 16.8 Å². The van der Waals surface area contributed by atoms with Gasteiger partial charge in [-0.3, -0.25) is 0 Å². The molecule has 0 amide bonds. The average molecular weight is 250 g/mol. The van der Waals surface area contributed by atoms with Crippen molar-refractivity contribution in [2.75, 3.05) is 0 Å². The second-order valence-corrected chi connectivity index (χ2v) is 3.94. The molecule has 0 radical (unpaired) electrons. The summed E-state index contributed by atoms with van der Waals surface area (Å²) in [4.78, 5) is 2.70. The molecule has 2 aromatic rings. The maximum atomic E-state index is 12.6. The Bertz CT molecular complexity index is 618. The lowest BCUT2D eigenvalue weighted by Crippen LogP contribution is -2.05. The Morgan fingerprint density at radius 1 is 1.22 bits per heavy atom. The SMILES string of the molecule is Cc1ccc(C(F)(F)F)cc1-c1c[nH]c(C#N)c1. The molecule has 0 aliphatic rings. The van der Waals surface area contributed by atoms with Crippen LogP contribution in [0.1, 0.15) is 16.8 Å². The van der Waals surface area contributed by atoms with Gasteiger partial charge in [-0.2, -0.15) is 18.4 Å². The molecule has 2 nitrogen and oxygen atoms in total. The molecule has 1 N–H and O–H groups in total. The standard InChI is InChI=1S/C13H9F3N2/c1-8-2-3-10(13(14,15)16)5-12(8)9-4-11(6-17)18-7-9/h2-5,7,18H,1H3. The van der Waals surface area contributed by atoms with Gasteiger partial charge in [-0.15, -0.1) is 0 Å². The predicted octanol–water partition coefficient (Wildman–Crippen LogP) is 3.88. The molecule has 0 saturated carbocycles. The van der Waals surface area contributed by atoms with Crippen LogP contribution >= 0.6 is 0 Å². The van der Waals surface area contributed by atoms with Crippen molar-refractivity contribution in [3.05, 3.63) is 47.3 Å². The molecule has 0 aliphatic heterocycles. The minimum absolute atomic E-state index is 0.321. The van der Waals surface area contributed by atoms with Crippen LogP contribution in [0.3, 0.4) is 0 Å². The molecule has 0 spiro atoms. The summed E-state index contributed by atoms with van der Waals surface area (Å²) in [6.07, 6.45) is -2.84. The first kappa shape index (κ1) is 12.2. The molecular formula is C13H9F3N2. The second kappa shape index (κ2) is 4.22. The summed E-state index contributed by atoms with van der Waals surface area (Å²) in [6, 6.07) is 7.01. The third kappa shape index (κ3) is 2.23. The van der Waals surface area contributed by atoms with Gasteiger partial charge < -0.3 is 4.98 Å². The molecule has 0 bridgehead atoms. The van der Waals surface area contributed by atoms with Gasteiger partial charge in [-0.25, -0.2) is 0 Å². The fourth-order valence-electron chi connectivity index (χ4n) is 1.72. The molecular weight excluding hydrogens is 241 g/mol. The Morgan fingerprint density at radius 2 is 1.94 bits per heavy atom. The number of aromatic amines is 1. The van der Waals surface area contributed by atoms with Crippen LogP contribution in [0.2, 0.25) is 0 Å². The number of H-pyrrole nitrogens is 1. The predicted molar refractivity (Wildman–Crippen MR) is 60.7 cm³/mol. The van der Waals surface area contributed by atoms with Crippen LogP contribution in [-0.2, 0) is 6.18 Å². The molecule has 5 heteroatoms. The number of nitrogens with one attached hydrogen (secondary N) is 1. The van der Waals surface area contributed by atoms with Gasteiger partial charge >= 0.3 is 6.18 Å². The summed E-state index contributed by atoms with van der Waals surface area (Å²) in [7, 11) is 0. The van der Waals surface area contributed by atoms with E-state index in [9.17, 15) is 13.2 Å². The highest BCUT2D eigenvalue weighted by Crippen LogP contribution is 2.33. The van der Waals surface area contributed by atoms with Crippen LogP contribution in [0.15, 0.2) is 30.5 Å². The number of rotatable bonds is 1. The van der Waals surface area contributed by atoms with Gasteiger partial charge in [0.25, 0.3) is 0 Å². The molecule has 0 aliphatic carbocycles. The minimum atomic E-state index is -4.36. The zero-order valence-electron chi connectivity index (χ0n) is 9.47. The zero-order valence-corrected chi connectivity index (χ0v) is 9.47. The Balaban J connectivity index is 2.54. The second-order valence-electron chi connectivity index (χ2n) is 3.94. The smallest absolute Gasteiger partial charge is 0.353 e. The molecule has 0 unspecified atom stereocenters. The van der Waals surface area contributed by atoms with E-state index in [1.54, 1.807) is 6.92 Å². The summed E-state index contributed by atoms with van der Waals surface area (Å²) in [5, 5.41) is 8.69. The monoisotopic (exact) mass is 250 g/mol. The Kier molecular flexibility index (Phi) is 2.87. The van der Waals surface area contributed by atoms with Crippen molar-refractivity contribution < 1.29 is 13.2 Å². The van der Waals surface area contributed by atoms with Gasteiger partial charge in [0.1, 0.15) is 11.8 Å². The number of hydrogen-bond acceptors (Lipinski definition) is 1. The van der Waals surface area contributed by atoms with E-state index >= 15 is 0 Å². The van der Waals surface area contributed by atoms with Gasteiger partial charge in [0.05, 0.1) is 5.56 Å². The molecule has 18 heavy (non-hydrogen) atoms. The molecule has 2 rings (SSSR count). The van der Waals surface area contributed by atoms with Crippen LogP contribution in [0, 0.1) is 18.3 Å². The van der Waals surface area contributed by atoms with Crippen molar-refractivity contribution in [2.45, 2.75) is 13.1 Å². The quantitative estimate of drug-likeness (QED) is 0.819. The summed E-state index contributed by atoms with van der Waals surface area (Å²) in [6.45, 7) is 1.73. The lowest BCUT2D eigenvalue weighted by molar-refractivity contribution is -0.137. The number of alkyl halides is 3. The topological polar surface area (TPSA) is 39.6 Å². The summed E-state index contributed by atoms with van der Waals surface area (Å²) in [5.41, 5.74) is 1.41. The van der Waals surface area contributed by atoms with Crippen LogP contribution in [0.25, 0.3) is 11.1 Å². The summed E-state index contributed by atoms with van der Waals surface area (Å²) in [5.74, 6) is 0. The fourth-order valence-corrected chi connectivity index (χ4v) is 1.72. The van der Waals surface area contributed by atoms with Crippen molar-refractivity contribution in [3.8, 4) is 17.2 Å². The molecule has 0 atom stereocenters. The zero-order chi connectivity index (χ0) is 13.3. The van der Waals surface area contributed by atoms with E-state index in [2.05, 4.69) is 4.98 Å². The van der Waals surface area contributed by atoms with Gasteiger partial charge in [0.2, 0.25) is 0 Å². The number of aryl methyl sites for hydroxylation is 1. The molecule has 0 fully saturated rings. The Hall–Kier alpha value is -2.22. The van der Waals surface area contributed by atoms with E-state index < -0.39 is 11.7 Å². The molecule has 1 aromatic heterocycles. The Morgan fingerprint density at radius 3 is 2.50 bits per heavy atom. The lowest BCUT2D eigenvalue weighted by atomic mass is 10.00. The van der Waals surface area contributed by atoms with Crippen molar-refractivity contribution >= 4 is 0 Å². The van der Waals surface area contributed by atoms with Gasteiger partial charge in [-0.05, 0) is 36.2 Å². The molecule has 1 heterocycles. The number of nitrogens with zero attached hydrogens (tertiary/aromatic N) is 1. The molecule has 92 valence electrons. The maximum Gasteiger partial charge on any atom is 0.416 e. The number of hydrogen-bond donors (Lipinski definition) is 1. The van der Waals surface area contributed by atoms with Crippen LogP contribution in [0.4, 0.5) is 13.2 Å². The minimum Gasteiger partial charge on any atom is -0.353 e. The van der Waals surface area contributed by atoms with E-state index in [-0.39, 0.29) is 0 Å². The molecule has 0 saturated heterocycles.